The zero-order chi connectivity index (χ0) is 13.7. The fraction of sp³-hybridized carbons (Fsp3) is 0.231. The number of hydrogen-bond donors (Lipinski definition) is 1. The average molecular weight is 297 g/mol. The molecule has 0 saturated carbocycles. The summed E-state index contributed by atoms with van der Waals surface area (Å²) in [6.07, 6.45) is 3.17. The second kappa shape index (κ2) is 6.54. The van der Waals surface area contributed by atoms with Gasteiger partial charge < -0.3 is 10.1 Å². The molecule has 100 valence electrons. The van der Waals surface area contributed by atoms with Crippen LogP contribution in [0.5, 0.6) is 5.75 Å². The van der Waals surface area contributed by atoms with Crippen molar-refractivity contribution in [2.24, 2.45) is 0 Å². The predicted octanol–water partition coefficient (Wildman–Crippen LogP) is 2.99. The van der Waals surface area contributed by atoms with Gasteiger partial charge in [0.1, 0.15) is 16.7 Å². The van der Waals surface area contributed by atoms with E-state index in [-0.39, 0.29) is 12.0 Å². The van der Waals surface area contributed by atoms with Gasteiger partial charge in [-0.2, -0.15) is 0 Å². The van der Waals surface area contributed by atoms with E-state index in [1.807, 2.05) is 13.0 Å². The molecule has 0 saturated heterocycles. The Bertz CT molecular complexity index is 545. The van der Waals surface area contributed by atoms with Crippen LogP contribution in [0.25, 0.3) is 0 Å². The number of nitrogens with one attached hydrogen (secondary N) is 1. The molecule has 2 aromatic rings. The molecular formula is C13H13ClN2O2S. The highest BCUT2D eigenvalue weighted by Crippen LogP contribution is 2.21. The predicted molar refractivity (Wildman–Crippen MR) is 76.0 cm³/mol. The lowest BCUT2D eigenvalue weighted by Gasteiger charge is -2.14. The number of rotatable bonds is 5. The fourth-order valence-electron chi connectivity index (χ4n) is 1.46. The Morgan fingerprint density at radius 2 is 2.42 bits per heavy atom. The van der Waals surface area contributed by atoms with Crippen LogP contribution in [0.15, 0.2) is 36.0 Å². The highest BCUT2D eigenvalue weighted by molar-refractivity contribution is 7.12. The highest BCUT2D eigenvalue weighted by atomic mass is 35.5. The second-order valence-electron chi connectivity index (χ2n) is 3.92. The zero-order valence-electron chi connectivity index (χ0n) is 10.3. The first-order chi connectivity index (χ1) is 9.16. The standard InChI is InChI=1S/C13H13ClN2O2S/c1-9(18-10-3-2-5-15-8-10)7-16-13(17)12-11(14)4-6-19-12/h2-6,8-9H,7H2,1H3,(H,16,17)/t9-/m1/s1. The van der Waals surface area contributed by atoms with Crippen LogP contribution >= 0.6 is 22.9 Å². The van der Waals surface area contributed by atoms with E-state index in [4.69, 9.17) is 16.3 Å². The van der Waals surface area contributed by atoms with Crippen LogP contribution in [-0.4, -0.2) is 23.5 Å². The molecule has 0 bridgehead atoms. The van der Waals surface area contributed by atoms with Crippen molar-refractivity contribution in [2.45, 2.75) is 13.0 Å². The van der Waals surface area contributed by atoms with Crippen LogP contribution < -0.4 is 10.1 Å². The number of thiophene rings is 1. The summed E-state index contributed by atoms with van der Waals surface area (Å²) in [5.74, 6) is 0.500. The molecule has 19 heavy (non-hydrogen) atoms. The highest BCUT2D eigenvalue weighted by Gasteiger charge is 2.13. The first-order valence-corrected chi connectivity index (χ1v) is 7.00. The molecule has 2 heterocycles. The lowest BCUT2D eigenvalue weighted by Crippen LogP contribution is -2.33. The lowest BCUT2D eigenvalue weighted by molar-refractivity contribution is 0.0936. The summed E-state index contributed by atoms with van der Waals surface area (Å²) in [7, 11) is 0. The topological polar surface area (TPSA) is 51.2 Å². The number of ether oxygens (including phenoxy) is 1. The van der Waals surface area contributed by atoms with Gasteiger partial charge in [0.15, 0.2) is 0 Å². The SMILES string of the molecule is C[C@H](CNC(=O)c1sccc1Cl)Oc1cccnc1. The largest absolute Gasteiger partial charge is 0.487 e. The maximum Gasteiger partial charge on any atom is 0.263 e. The molecule has 4 nitrogen and oxygen atoms in total. The van der Waals surface area contributed by atoms with Gasteiger partial charge in [0, 0.05) is 6.20 Å². The Hall–Kier alpha value is -1.59. The monoisotopic (exact) mass is 296 g/mol. The van der Waals surface area contributed by atoms with Gasteiger partial charge >= 0.3 is 0 Å². The van der Waals surface area contributed by atoms with E-state index in [0.29, 0.717) is 22.2 Å². The third-order valence-electron chi connectivity index (χ3n) is 2.35. The van der Waals surface area contributed by atoms with Gasteiger partial charge in [0.25, 0.3) is 5.91 Å². The van der Waals surface area contributed by atoms with Gasteiger partial charge in [-0.3, -0.25) is 9.78 Å². The first kappa shape index (κ1) is 13.8. The smallest absolute Gasteiger partial charge is 0.263 e. The Balaban J connectivity index is 1.82. The van der Waals surface area contributed by atoms with Crippen molar-refractivity contribution in [2.75, 3.05) is 6.54 Å². The molecule has 0 radical (unpaired) electrons. The molecule has 1 amide bonds. The van der Waals surface area contributed by atoms with Gasteiger partial charge in [-0.25, -0.2) is 0 Å². The number of amides is 1. The molecule has 6 heteroatoms. The molecular weight excluding hydrogens is 284 g/mol. The Labute approximate surface area is 120 Å². The van der Waals surface area contributed by atoms with Gasteiger partial charge in [-0.05, 0) is 30.5 Å². The van der Waals surface area contributed by atoms with Crippen molar-refractivity contribution < 1.29 is 9.53 Å². The van der Waals surface area contributed by atoms with Crippen LogP contribution in [-0.2, 0) is 0 Å². The minimum absolute atomic E-state index is 0.146. The van der Waals surface area contributed by atoms with Crippen molar-refractivity contribution in [1.82, 2.24) is 10.3 Å². The number of halogens is 1. The molecule has 1 atom stereocenters. The first-order valence-electron chi connectivity index (χ1n) is 5.74. The molecule has 0 aliphatic carbocycles. The van der Waals surface area contributed by atoms with E-state index in [1.54, 1.807) is 29.9 Å². The molecule has 0 fully saturated rings. The number of pyridine rings is 1. The summed E-state index contributed by atoms with van der Waals surface area (Å²) in [6, 6.07) is 5.32. The van der Waals surface area contributed by atoms with E-state index < -0.39 is 0 Å². The molecule has 0 spiro atoms. The van der Waals surface area contributed by atoms with E-state index in [9.17, 15) is 4.79 Å². The Morgan fingerprint density at radius 3 is 3.05 bits per heavy atom. The maximum atomic E-state index is 11.8. The summed E-state index contributed by atoms with van der Waals surface area (Å²) in [5.41, 5.74) is 0. The lowest BCUT2D eigenvalue weighted by atomic mass is 10.3. The van der Waals surface area contributed by atoms with E-state index in [2.05, 4.69) is 10.3 Å². The molecule has 0 aromatic carbocycles. The number of carbonyl (C=O) groups excluding carboxylic acids is 1. The minimum atomic E-state index is -0.179. The van der Waals surface area contributed by atoms with Gasteiger partial charge in [0.2, 0.25) is 0 Å². The van der Waals surface area contributed by atoms with E-state index >= 15 is 0 Å². The normalized spacial score (nSPS) is 11.9. The summed E-state index contributed by atoms with van der Waals surface area (Å²) >= 11 is 7.21. The van der Waals surface area contributed by atoms with Gasteiger partial charge in [0.05, 0.1) is 17.8 Å². The van der Waals surface area contributed by atoms with Gasteiger partial charge in [-0.15, -0.1) is 11.3 Å². The number of nitrogens with zero attached hydrogens (tertiary/aromatic N) is 1. The molecule has 2 rings (SSSR count). The molecule has 0 unspecified atom stereocenters. The minimum Gasteiger partial charge on any atom is -0.487 e. The second-order valence-corrected chi connectivity index (χ2v) is 5.25. The Morgan fingerprint density at radius 1 is 1.58 bits per heavy atom. The molecule has 0 aliphatic heterocycles. The van der Waals surface area contributed by atoms with Crippen molar-refractivity contribution in [3.63, 3.8) is 0 Å². The third-order valence-corrected chi connectivity index (χ3v) is 3.69. The maximum absolute atomic E-state index is 11.8. The third kappa shape index (κ3) is 3.94. The Kier molecular flexibility index (Phi) is 4.76. The van der Waals surface area contributed by atoms with E-state index in [1.165, 1.54) is 11.3 Å². The van der Waals surface area contributed by atoms with E-state index in [0.717, 1.165) is 0 Å². The van der Waals surface area contributed by atoms with Crippen molar-refractivity contribution in [1.29, 1.82) is 0 Å². The number of hydrogen-bond acceptors (Lipinski definition) is 4. The van der Waals surface area contributed by atoms with Crippen LogP contribution in [0.3, 0.4) is 0 Å². The van der Waals surface area contributed by atoms with Crippen molar-refractivity contribution in [3.8, 4) is 5.75 Å². The van der Waals surface area contributed by atoms with Crippen LogP contribution in [0.1, 0.15) is 16.6 Å². The summed E-state index contributed by atoms with van der Waals surface area (Å²) in [5, 5.41) is 5.05. The number of aromatic nitrogens is 1. The van der Waals surface area contributed by atoms with Gasteiger partial charge in [-0.1, -0.05) is 11.6 Å². The summed E-state index contributed by atoms with van der Waals surface area (Å²) in [4.78, 5) is 16.3. The quantitative estimate of drug-likeness (QED) is 0.923. The molecule has 2 aromatic heterocycles. The molecule has 1 N–H and O–H groups in total. The molecule has 0 aliphatic rings. The number of carbonyl (C=O) groups is 1. The van der Waals surface area contributed by atoms with Crippen LogP contribution in [0, 0.1) is 0 Å². The van der Waals surface area contributed by atoms with Crippen molar-refractivity contribution in [3.05, 3.63) is 45.9 Å². The summed E-state index contributed by atoms with van der Waals surface area (Å²) < 4.78 is 5.61. The fourth-order valence-corrected chi connectivity index (χ4v) is 2.52. The van der Waals surface area contributed by atoms with Crippen LogP contribution in [0.4, 0.5) is 0 Å². The zero-order valence-corrected chi connectivity index (χ0v) is 11.9. The average Bonchev–Trinajstić information content (AvgIpc) is 2.83. The summed E-state index contributed by atoms with van der Waals surface area (Å²) in [6.45, 7) is 2.28. The van der Waals surface area contributed by atoms with Crippen molar-refractivity contribution >= 4 is 28.8 Å². The van der Waals surface area contributed by atoms with Crippen LogP contribution in [0.2, 0.25) is 5.02 Å².